The third kappa shape index (κ3) is 3.40. The van der Waals surface area contributed by atoms with E-state index >= 15 is 0 Å². The van der Waals surface area contributed by atoms with E-state index in [0.29, 0.717) is 0 Å². The van der Waals surface area contributed by atoms with Gasteiger partial charge in [-0.05, 0) is 30.9 Å². The fourth-order valence-electron chi connectivity index (χ4n) is 3.64. The Hall–Kier alpha value is -0.800. The molecule has 0 radical (unpaired) electrons. The van der Waals surface area contributed by atoms with Gasteiger partial charge in [-0.2, -0.15) is 0 Å². The zero-order valence-electron chi connectivity index (χ0n) is 12.1. The zero-order chi connectivity index (χ0) is 13.1. The minimum Gasteiger partial charge on any atom is -0.468 e. The quantitative estimate of drug-likeness (QED) is 0.835. The summed E-state index contributed by atoms with van der Waals surface area (Å²) in [6.07, 6.45) is 7.48. The van der Waals surface area contributed by atoms with Crippen LogP contribution < -0.4 is 0 Å². The Bertz CT molecular complexity index is 368. The summed E-state index contributed by atoms with van der Waals surface area (Å²) < 4.78 is 5.44. The van der Waals surface area contributed by atoms with Crippen LogP contribution in [0.5, 0.6) is 0 Å². The van der Waals surface area contributed by atoms with Crippen molar-refractivity contribution in [3.05, 3.63) is 24.2 Å². The van der Waals surface area contributed by atoms with Gasteiger partial charge in [-0.15, -0.1) is 0 Å². The van der Waals surface area contributed by atoms with Gasteiger partial charge < -0.3 is 4.42 Å². The second-order valence-electron chi connectivity index (χ2n) is 6.32. The van der Waals surface area contributed by atoms with Crippen LogP contribution in [0.3, 0.4) is 0 Å². The molecule has 106 valence electrons. The smallest absolute Gasteiger partial charge is 0.117 e. The summed E-state index contributed by atoms with van der Waals surface area (Å²) in [7, 11) is 0. The molecule has 2 aliphatic rings. The van der Waals surface area contributed by atoms with E-state index in [1.165, 1.54) is 51.9 Å². The first kappa shape index (κ1) is 13.2. The van der Waals surface area contributed by atoms with Crippen LogP contribution in [-0.4, -0.2) is 42.0 Å². The summed E-state index contributed by atoms with van der Waals surface area (Å²) in [6, 6.07) is 4.92. The maximum atomic E-state index is 5.44. The van der Waals surface area contributed by atoms with Gasteiger partial charge in [0.05, 0.1) is 12.8 Å². The highest BCUT2D eigenvalue weighted by Crippen LogP contribution is 2.28. The summed E-state index contributed by atoms with van der Waals surface area (Å²) in [5, 5.41) is 0. The molecule has 2 atom stereocenters. The van der Waals surface area contributed by atoms with Crippen molar-refractivity contribution in [2.24, 2.45) is 5.92 Å². The summed E-state index contributed by atoms with van der Waals surface area (Å²) in [5.74, 6) is 2.03. The fraction of sp³-hybridized carbons (Fsp3) is 0.750. The number of hydrogen-bond acceptors (Lipinski definition) is 3. The van der Waals surface area contributed by atoms with E-state index in [9.17, 15) is 0 Å². The van der Waals surface area contributed by atoms with Crippen molar-refractivity contribution in [2.75, 3.05) is 26.2 Å². The SMILES string of the molecule is C[C@H]1CCC[C@@H](N2CCN(Cc3ccco3)CC2)C1. The molecule has 1 aliphatic carbocycles. The Kier molecular flexibility index (Phi) is 4.24. The number of furan rings is 1. The van der Waals surface area contributed by atoms with Crippen LogP contribution in [0.15, 0.2) is 22.8 Å². The van der Waals surface area contributed by atoms with Crippen molar-refractivity contribution < 1.29 is 4.42 Å². The molecule has 0 N–H and O–H groups in total. The molecule has 3 heteroatoms. The largest absolute Gasteiger partial charge is 0.468 e. The van der Waals surface area contributed by atoms with E-state index in [-0.39, 0.29) is 0 Å². The zero-order valence-corrected chi connectivity index (χ0v) is 12.1. The molecule has 1 saturated heterocycles. The van der Waals surface area contributed by atoms with Crippen molar-refractivity contribution in [1.29, 1.82) is 0 Å². The molecule has 1 aromatic rings. The molecule has 0 bridgehead atoms. The van der Waals surface area contributed by atoms with Crippen molar-refractivity contribution in [1.82, 2.24) is 9.80 Å². The lowest BCUT2D eigenvalue weighted by Gasteiger charge is -2.41. The normalized spacial score (nSPS) is 30.6. The number of nitrogens with zero attached hydrogens (tertiary/aromatic N) is 2. The van der Waals surface area contributed by atoms with Crippen LogP contribution in [0.25, 0.3) is 0 Å². The summed E-state index contributed by atoms with van der Waals surface area (Å²) in [6.45, 7) is 8.23. The molecule has 0 amide bonds. The van der Waals surface area contributed by atoms with Crippen LogP contribution in [0, 0.1) is 5.92 Å². The predicted molar refractivity (Wildman–Crippen MR) is 77.0 cm³/mol. The van der Waals surface area contributed by atoms with E-state index in [4.69, 9.17) is 4.42 Å². The summed E-state index contributed by atoms with van der Waals surface area (Å²) in [5.41, 5.74) is 0. The fourth-order valence-corrected chi connectivity index (χ4v) is 3.64. The van der Waals surface area contributed by atoms with E-state index in [1.807, 2.05) is 6.07 Å². The number of rotatable bonds is 3. The van der Waals surface area contributed by atoms with Crippen LogP contribution in [0.2, 0.25) is 0 Å². The topological polar surface area (TPSA) is 19.6 Å². The van der Waals surface area contributed by atoms with E-state index in [1.54, 1.807) is 6.26 Å². The lowest BCUT2D eigenvalue weighted by molar-refractivity contribution is 0.0631. The molecule has 19 heavy (non-hydrogen) atoms. The molecule has 1 aliphatic heterocycles. The first-order valence-corrected chi connectivity index (χ1v) is 7.80. The second-order valence-corrected chi connectivity index (χ2v) is 6.32. The second kappa shape index (κ2) is 6.10. The van der Waals surface area contributed by atoms with Crippen molar-refractivity contribution >= 4 is 0 Å². The van der Waals surface area contributed by atoms with Gasteiger partial charge in [0.25, 0.3) is 0 Å². The van der Waals surface area contributed by atoms with Crippen molar-refractivity contribution in [3.63, 3.8) is 0 Å². The van der Waals surface area contributed by atoms with Crippen molar-refractivity contribution in [2.45, 2.75) is 45.2 Å². The predicted octanol–water partition coefficient (Wildman–Crippen LogP) is 2.98. The molecular formula is C16H26N2O. The first-order valence-electron chi connectivity index (χ1n) is 7.80. The first-order chi connectivity index (χ1) is 9.31. The average molecular weight is 262 g/mol. The van der Waals surface area contributed by atoms with E-state index in [2.05, 4.69) is 22.8 Å². The highest BCUT2D eigenvalue weighted by molar-refractivity contribution is 4.98. The average Bonchev–Trinajstić information content (AvgIpc) is 2.92. The molecule has 0 unspecified atom stereocenters. The van der Waals surface area contributed by atoms with Crippen LogP contribution in [0.4, 0.5) is 0 Å². The Morgan fingerprint density at radius 1 is 1.21 bits per heavy atom. The minimum absolute atomic E-state index is 0.856. The highest BCUT2D eigenvalue weighted by atomic mass is 16.3. The van der Waals surface area contributed by atoms with E-state index < -0.39 is 0 Å². The molecule has 0 spiro atoms. The van der Waals surface area contributed by atoms with Gasteiger partial charge in [0.1, 0.15) is 5.76 Å². The number of piperazine rings is 1. The Morgan fingerprint density at radius 2 is 2.05 bits per heavy atom. The molecular weight excluding hydrogens is 236 g/mol. The van der Waals surface area contributed by atoms with Gasteiger partial charge >= 0.3 is 0 Å². The van der Waals surface area contributed by atoms with Crippen molar-refractivity contribution in [3.8, 4) is 0 Å². The van der Waals surface area contributed by atoms with Crippen LogP contribution in [0.1, 0.15) is 38.4 Å². The molecule has 1 aromatic heterocycles. The van der Waals surface area contributed by atoms with Gasteiger partial charge in [-0.3, -0.25) is 9.80 Å². The van der Waals surface area contributed by atoms with Gasteiger partial charge in [0, 0.05) is 32.2 Å². The summed E-state index contributed by atoms with van der Waals surface area (Å²) >= 11 is 0. The minimum atomic E-state index is 0.856. The molecule has 3 rings (SSSR count). The van der Waals surface area contributed by atoms with Gasteiger partial charge in [-0.25, -0.2) is 0 Å². The monoisotopic (exact) mass is 262 g/mol. The summed E-state index contributed by atoms with van der Waals surface area (Å²) in [4.78, 5) is 5.25. The lowest BCUT2D eigenvalue weighted by atomic mass is 9.86. The van der Waals surface area contributed by atoms with Gasteiger partial charge in [0.15, 0.2) is 0 Å². The molecule has 2 fully saturated rings. The standard InChI is InChI=1S/C16H26N2O/c1-14-4-2-5-15(12-14)18-9-7-17(8-10-18)13-16-6-3-11-19-16/h3,6,11,14-15H,2,4-5,7-10,12-13H2,1H3/t14-,15+/m0/s1. The van der Waals surface area contributed by atoms with Gasteiger partial charge in [-0.1, -0.05) is 19.8 Å². The third-order valence-corrected chi connectivity index (χ3v) is 4.79. The Balaban J connectivity index is 1.46. The Morgan fingerprint density at radius 3 is 2.74 bits per heavy atom. The maximum absolute atomic E-state index is 5.44. The highest BCUT2D eigenvalue weighted by Gasteiger charge is 2.27. The van der Waals surface area contributed by atoms with Gasteiger partial charge in [0.2, 0.25) is 0 Å². The molecule has 2 heterocycles. The molecule has 1 saturated carbocycles. The molecule has 0 aromatic carbocycles. The van der Waals surface area contributed by atoms with Crippen LogP contribution in [-0.2, 0) is 6.54 Å². The van der Waals surface area contributed by atoms with Crippen LogP contribution >= 0.6 is 0 Å². The number of hydrogen-bond donors (Lipinski definition) is 0. The Labute approximate surface area is 116 Å². The molecule has 3 nitrogen and oxygen atoms in total. The lowest BCUT2D eigenvalue weighted by Crippen LogP contribution is -2.50. The maximum Gasteiger partial charge on any atom is 0.117 e. The third-order valence-electron chi connectivity index (χ3n) is 4.79. The van der Waals surface area contributed by atoms with E-state index in [0.717, 1.165) is 24.3 Å².